The van der Waals surface area contributed by atoms with Gasteiger partial charge in [0, 0.05) is 18.2 Å². The van der Waals surface area contributed by atoms with E-state index >= 15 is 0 Å². The Kier molecular flexibility index (Phi) is 7.82. The molecule has 0 radical (unpaired) electrons. The van der Waals surface area contributed by atoms with Crippen LogP contribution >= 0.6 is 45.2 Å². The van der Waals surface area contributed by atoms with Gasteiger partial charge in [0.05, 0.1) is 20.0 Å². The first kappa shape index (κ1) is 20.6. The summed E-state index contributed by atoms with van der Waals surface area (Å²) in [6.45, 7) is 3.96. The molecular weight excluding hydrogens is 560 g/mol. The van der Waals surface area contributed by atoms with E-state index in [1.54, 1.807) is 30.5 Å². The SMILES string of the molecule is CCOc1c(I)cc(/C=N\NC(=O)c2cccc(NC(C)=O)c2)cc1I. The Morgan fingerprint density at radius 3 is 2.50 bits per heavy atom. The quantitative estimate of drug-likeness (QED) is 0.310. The zero-order valence-electron chi connectivity index (χ0n) is 14.2. The van der Waals surface area contributed by atoms with Crippen molar-refractivity contribution in [2.45, 2.75) is 13.8 Å². The molecule has 26 heavy (non-hydrogen) atoms. The Balaban J connectivity index is 2.06. The van der Waals surface area contributed by atoms with Crippen LogP contribution in [0.4, 0.5) is 5.69 Å². The number of rotatable bonds is 6. The number of anilines is 1. The summed E-state index contributed by atoms with van der Waals surface area (Å²) >= 11 is 4.42. The fourth-order valence-electron chi connectivity index (χ4n) is 2.11. The molecule has 2 amide bonds. The molecule has 0 aliphatic rings. The van der Waals surface area contributed by atoms with E-state index in [-0.39, 0.29) is 11.8 Å². The molecule has 136 valence electrons. The monoisotopic (exact) mass is 577 g/mol. The molecule has 8 heteroatoms. The minimum absolute atomic E-state index is 0.194. The smallest absolute Gasteiger partial charge is 0.271 e. The van der Waals surface area contributed by atoms with Crippen molar-refractivity contribution >= 4 is 68.9 Å². The lowest BCUT2D eigenvalue weighted by Gasteiger charge is -2.09. The van der Waals surface area contributed by atoms with Crippen LogP contribution in [-0.4, -0.2) is 24.6 Å². The number of nitrogens with zero attached hydrogens (tertiary/aromatic N) is 1. The lowest BCUT2D eigenvalue weighted by molar-refractivity contribution is -0.114. The summed E-state index contributed by atoms with van der Waals surface area (Å²) in [4.78, 5) is 23.3. The molecule has 0 aliphatic carbocycles. The molecule has 0 saturated heterocycles. The van der Waals surface area contributed by atoms with Crippen molar-refractivity contribution in [2.75, 3.05) is 11.9 Å². The van der Waals surface area contributed by atoms with Crippen LogP contribution in [0.5, 0.6) is 5.75 Å². The number of carbonyl (C=O) groups is 2. The van der Waals surface area contributed by atoms with Crippen molar-refractivity contribution in [3.63, 3.8) is 0 Å². The molecule has 0 heterocycles. The summed E-state index contributed by atoms with van der Waals surface area (Å²) in [5, 5.41) is 6.65. The molecule has 0 aromatic heterocycles. The zero-order valence-corrected chi connectivity index (χ0v) is 18.5. The average molecular weight is 577 g/mol. The number of halogens is 2. The summed E-state index contributed by atoms with van der Waals surface area (Å²) < 4.78 is 7.56. The van der Waals surface area contributed by atoms with Crippen molar-refractivity contribution < 1.29 is 14.3 Å². The first-order chi connectivity index (χ1) is 12.4. The van der Waals surface area contributed by atoms with Gasteiger partial charge in [-0.1, -0.05) is 6.07 Å². The first-order valence-corrected chi connectivity index (χ1v) is 9.89. The van der Waals surface area contributed by atoms with Gasteiger partial charge in [0.1, 0.15) is 5.75 Å². The number of ether oxygens (including phenoxy) is 1. The van der Waals surface area contributed by atoms with Crippen LogP contribution < -0.4 is 15.5 Å². The van der Waals surface area contributed by atoms with Crippen LogP contribution in [0.2, 0.25) is 0 Å². The summed E-state index contributed by atoms with van der Waals surface area (Å²) in [6.07, 6.45) is 1.58. The van der Waals surface area contributed by atoms with E-state index in [1.807, 2.05) is 19.1 Å². The molecule has 0 aliphatic heterocycles. The molecular formula is C18H17I2N3O3. The highest BCUT2D eigenvalue weighted by Gasteiger charge is 2.08. The third kappa shape index (κ3) is 5.94. The molecule has 0 bridgehead atoms. The van der Waals surface area contributed by atoms with E-state index in [0.29, 0.717) is 17.9 Å². The van der Waals surface area contributed by atoms with Gasteiger partial charge in [-0.05, 0) is 88.0 Å². The van der Waals surface area contributed by atoms with E-state index < -0.39 is 0 Å². The van der Waals surface area contributed by atoms with Gasteiger partial charge in [-0.15, -0.1) is 0 Å². The number of hydrazone groups is 1. The number of carbonyl (C=O) groups excluding carboxylic acids is 2. The van der Waals surface area contributed by atoms with Crippen LogP contribution in [0.25, 0.3) is 0 Å². The van der Waals surface area contributed by atoms with Gasteiger partial charge in [0.2, 0.25) is 5.91 Å². The Labute approximate surface area is 179 Å². The van der Waals surface area contributed by atoms with E-state index in [2.05, 4.69) is 61.0 Å². The minimum atomic E-state index is -0.358. The van der Waals surface area contributed by atoms with Crippen LogP contribution in [0.15, 0.2) is 41.5 Å². The van der Waals surface area contributed by atoms with Gasteiger partial charge in [-0.2, -0.15) is 5.10 Å². The fraction of sp³-hybridized carbons (Fsp3) is 0.167. The lowest BCUT2D eigenvalue weighted by atomic mass is 10.2. The first-order valence-electron chi connectivity index (χ1n) is 7.73. The second-order valence-corrected chi connectivity index (χ2v) is 7.53. The maximum Gasteiger partial charge on any atom is 0.271 e. The molecule has 2 N–H and O–H groups in total. The zero-order chi connectivity index (χ0) is 19.1. The molecule has 2 aromatic rings. The fourth-order valence-corrected chi connectivity index (χ4v) is 4.24. The highest BCUT2D eigenvalue weighted by Crippen LogP contribution is 2.28. The maximum absolute atomic E-state index is 12.2. The molecule has 0 fully saturated rings. The second-order valence-electron chi connectivity index (χ2n) is 5.21. The molecule has 6 nitrogen and oxygen atoms in total. The Morgan fingerprint density at radius 1 is 1.19 bits per heavy atom. The van der Waals surface area contributed by atoms with Crippen LogP contribution in [0.1, 0.15) is 29.8 Å². The van der Waals surface area contributed by atoms with Crippen molar-refractivity contribution in [1.82, 2.24) is 5.43 Å². The highest BCUT2D eigenvalue weighted by atomic mass is 127. The topological polar surface area (TPSA) is 79.8 Å². The highest BCUT2D eigenvalue weighted by molar-refractivity contribution is 14.1. The van der Waals surface area contributed by atoms with E-state index in [9.17, 15) is 9.59 Å². The molecule has 0 atom stereocenters. The van der Waals surface area contributed by atoms with Gasteiger partial charge in [-0.3, -0.25) is 9.59 Å². The summed E-state index contributed by atoms with van der Waals surface area (Å²) in [6, 6.07) is 10.5. The molecule has 0 saturated carbocycles. The molecule has 0 unspecified atom stereocenters. The third-order valence-corrected chi connectivity index (χ3v) is 4.74. The van der Waals surface area contributed by atoms with Crippen LogP contribution in [-0.2, 0) is 4.79 Å². The van der Waals surface area contributed by atoms with E-state index in [4.69, 9.17) is 4.74 Å². The van der Waals surface area contributed by atoms with Crippen molar-refractivity contribution in [3.05, 3.63) is 54.7 Å². The average Bonchev–Trinajstić information content (AvgIpc) is 2.57. The molecule has 0 spiro atoms. The van der Waals surface area contributed by atoms with Crippen LogP contribution in [0.3, 0.4) is 0 Å². The van der Waals surface area contributed by atoms with Gasteiger partial charge in [-0.25, -0.2) is 5.43 Å². The Morgan fingerprint density at radius 2 is 1.88 bits per heavy atom. The Hall–Kier alpha value is -1.69. The molecule has 2 aromatic carbocycles. The number of hydrogen-bond acceptors (Lipinski definition) is 4. The summed E-state index contributed by atoms with van der Waals surface area (Å²) in [5.41, 5.74) is 4.31. The number of benzene rings is 2. The third-order valence-electron chi connectivity index (χ3n) is 3.13. The lowest BCUT2D eigenvalue weighted by Crippen LogP contribution is -2.18. The largest absolute Gasteiger partial charge is 0.492 e. The predicted molar refractivity (Wildman–Crippen MR) is 119 cm³/mol. The summed E-state index contributed by atoms with van der Waals surface area (Å²) in [5.74, 6) is 0.300. The number of nitrogens with one attached hydrogen (secondary N) is 2. The predicted octanol–water partition coefficient (Wildman–Crippen LogP) is 4.02. The van der Waals surface area contributed by atoms with Crippen molar-refractivity contribution in [3.8, 4) is 5.75 Å². The minimum Gasteiger partial charge on any atom is -0.492 e. The number of hydrogen-bond donors (Lipinski definition) is 2. The Bertz CT molecular complexity index is 830. The summed E-state index contributed by atoms with van der Waals surface area (Å²) in [7, 11) is 0. The van der Waals surface area contributed by atoms with E-state index in [1.165, 1.54) is 6.92 Å². The normalized spacial score (nSPS) is 10.6. The van der Waals surface area contributed by atoms with Crippen molar-refractivity contribution in [2.24, 2.45) is 5.10 Å². The standard InChI is InChI=1S/C18H17I2N3O3/c1-3-26-17-15(19)7-12(8-16(17)20)10-21-23-18(25)13-5-4-6-14(9-13)22-11(2)24/h4-10H,3H2,1-2H3,(H,22,24)(H,23,25)/b21-10-. The maximum atomic E-state index is 12.2. The van der Waals surface area contributed by atoms with Crippen LogP contribution in [0, 0.1) is 7.14 Å². The van der Waals surface area contributed by atoms with Crippen molar-refractivity contribution in [1.29, 1.82) is 0 Å². The second kappa shape index (κ2) is 9.86. The van der Waals surface area contributed by atoms with Gasteiger partial charge in [0.25, 0.3) is 5.91 Å². The van der Waals surface area contributed by atoms with E-state index in [0.717, 1.165) is 18.5 Å². The van der Waals surface area contributed by atoms with Gasteiger partial charge in [0.15, 0.2) is 0 Å². The van der Waals surface area contributed by atoms with Gasteiger partial charge >= 0.3 is 0 Å². The van der Waals surface area contributed by atoms with Gasteiger partial charge < -0.3 is 10.1 Å². The molecule has 2 rings (SSSR count). The number of amides is 2.